The van der Waals surface area contributed by atoms with Crippen molar-refractivity contribution in [1.29, 1.82) is 0 Å². The third-order valence-electron chi connectivity index (χ3n) is 2.85. The van der Waals surface area contributed by atoms with Crippen LogP contribution in [-0.4, -0.2) is 21.5 Å². The fourth-order valence-electron chi connectivity index (χ4n) is 1.74. The first-order chi connectivity index (χ1) is 6.75. The maximum absolute atomic E-state index is 4.02. The standard InChI is InChI=1S/C10H18N4/c1-8(9-3-4-9)5-11-6-10-7-14(2)13-12-10/h7-9,11H,3-6H2,1-2H3. The minimum atomic E-state index is 0.812. The lowest BCUT2D eigenvalue weighted by molar-refractivity contribution is 0.460. The molecule has 0 amide bonds. The van der Waals surface area contributed by atoms with Crippen LogP contribution in [0.4, 0.5) is 0 Å². The highest BCUT2D eigenvalue weighted by Gasteiger charge is 2.27. The molecule has 1 heterocycles. The zero-order valence-electron chi connectivity index (χ0n) is 8.90. The molecular weight excluding hydrogens is 176 g/mol. The van der Waals surface area contributed by atoms with Crippen molar-refractivity contribution in [3.8, 4) is 0 Å². The fraction of sp³-hybridized carbons (Fsp3) is 0.800. The number of nitrogens with one attached hydrogen (secondary N) is 1. The molecule has 0 saturated heterocycles. The first-order valence-electron chi connectivity index (χ1n) is 5.31. The van der Waals surface area contributed by atoms with Gasteiger partial charge in [0.2, 0.25) is 0 Å². The van der Waals surface area contributed by atoms with E-state index < -0.39 is 0 Å². The third kappa shape index (κ3) is 2.54. The molecule has 4 heteroatoms. The Morgan fingerprint density at radius 2 is 2.43 bits per heavy atom. The highest BCUT2D eigenvalue weighted by atomic mass is 15.4. The molecule has 0 aliphatic heterocycles. The van der Waals surface area contributed by atoms with Crippen molar-refractivity contribution >= 4 is 0 Å². The van der Waals surface area contributed by atoms with Crippen LogP contribution in [0.5, 0.6) is 0 Å². The summed E-state index contributed by atoms with van der Waals surface area (Å²) in [7, 11) is 1.89. The second kappa shape index (κ2) is 4.09. The monoisotopic (exact) mass is 194 g/mol. The molecule has 1 aliphatic carbocycles. The van der Waals surface area contributed by atoms with E-state index in [1.54, 1.807) is 4.68 Å². The first-order valence-corrected chi connectivity index (χ1v) is 5.31. The highest BCUT2D eigenvalue weighted by Crippen LogP contribution is 2.36. The molecule has 1 atom stereocenters. The molecule has 78 valence electrons. The van der Waals surface area contributed by atoms with E-state index in [1.807, 2.05) is 13.2 Å². The van der Waals surface area contributed by atoms with E-state index in [1.165, 1.54) is 12.8 Å². The van der Waals surface area contributed by atoms with E-state index in [0.29, 0.717) is 0 Å². The van der Waals surface area contributed by atoms with Gasteiger partial charge in [-0.3, -0.25) is 4.68 Å². The van der Waals surface area contributed by atoms with Crippen LogP contribution in [0.2, 0.25) is 0 Å². The van der Waals surface area contributed by atoms with E-state index in [2.05, 4.69) is 22.6 Å². The van der Waals surface area contributed by atoms with Crippen molar-refractivity contribution in [2.45, 2.75) is 26.3 Å². The maximum Gasteiger partial charge on any atom is 0.0964 e. The van der Waals surface area contributed by atoms with Crippen LogP contribution in [0.3, 0.4) is 0 Å². The number of aromatic nitrogens is 3. The molecule has 0 spiro atoms. The van der Waals surface area contributed by atoms with Crippen LogP contribution in [0, 0.1) is 11.8 Å². The molecule has 1 aromatic rings. The Labute approximate surface area is 84.7 Å². The summed E-state index contributed by atoms with van der Waals surface area (Å²) in [6.07, 6.45) is 4.80. The van der Waals surface area contributed by atoms with Crippen molar-refractivity contribution in [2.75, 3.05) is 6.54 Å². The highest BCUT2D eigenvalue weighted by molar-refractivity contribution is 4.91. The van der Waals surface area contributed by atoms with Crippen LogP contribution >= 0.6 is 0 Å². The average molecular weight is 194 g/mol. The molecule has 1 N–H and O–H groups in total. The Kier molecular flexibility index (Phi) is 2.82. The Hall–Kier alpha value is -0.900. The first kappa shape index (κ1) is 9.65. The Morgan fingerprint density at radius 1 is 1.64 bits per heavy atom. The second-order valence-electron chi connectivity index (χ2n) is 4.33. The van der Waals surface area contributed by atoms with Gasteiger partial charge in [-0.05, 0) is 31.2 Å². The maximum atomic E-state index is 4.02. The lowest BCUT2D eigenvalue weighted by Crippen LogP contribution is -2.22. The summed E-state index contributed by atoms with van der Waals surface area (Å²) >= 11 is 0. The van der Waals surface area contributed by atoms with Crippen molar-refractivity contribution in [2.24, 2.45) is 18.9 Å². The zero-order valence-corrected chi connectivity index (χ0v) is 8.90. The fourth-order valence-corrected chi connectivity index (χ4v) is 1.74. The van der Waals surface area contributed by atoms with Gasteiger partial charge in [-0.2, -0.15) is 0 Å². The van der Waals surface area contributed by atoms with Gasteiger partial charge in [-0.25, -0.2) is 0 Å². The van der Waals surface area contributed by atoms with Crippen LogP contribution in [0.25, 0.3) is 0 Å². The molecule has 1 aromatic heterocycles. The summed E-state index contributed by atoms with van der Waals surface area (Å²) in [5, 5.41) is 11.3. The van der Waals surface area contributed by atoms with Gasteiger partial charge in [0.15, 0.2) is 0 Å². The average Bonchev–Trinajstić information content (AvgIpc) is 2.92. The summed E-state index contributed by atoms with van der Waals surface area (Å²) < 4.78 is 1.74. The molecule has 0 bridgehead atoms. The van der Waals surface area contributed by atoms with Gasteiger partial charge in [0.05, 0.1) is 5.69 Å². The Balaban J connectivity index is 1.67. The number of hydrogen-bond acceptors (Lipinski definition) is 3. The van der Waals surface area contributed by atoms with Crippen LogP contribution in [0.15, 0.2) is 6.20 Å². The van der Waals surface area contributed by atoms with Gasteiger partial charge >= 0.3 is 0 Å². The van der Waals surface area contributed by atoms with E-state index in [0.717, 1.165) is 30.6 Å². The number of aryl methyl sites for hydroxylation is 1. The van der Waals surface area contributed by atoms with Crippen LogP contribution < -0.4 is 5.32 Å². The van der Waals surface area contributed by atoms with Gasteiger partial charge in [-0.15, -0.1) is 5.10 Å². The summed E-state index contributed by atoms with van der Waals surface area (Å²) in [5.74, 6) is 1.79. The van der Waals surface area contributed by atoms with Gasteiger partial charge in [0.1, 0.15) is 0 Å². The third-order valence-corrected chi connectivity index (χ3v) is 2.85. The van der Waals surface area contributed by atoms with Crippen LogP contribution in [0.1, 0.15) is 25.5 Å². The smallest absolute Gasteiger partial charge is 0.0964 e. The molecule has 1 saturated carbocycles. The number of rotatable bonds is 5. The largest absolute Gasteiger partial charge is 0.311 e. The molecule has 2 rings (SSSR count). The molecule has 0 aromatic carbocycles. The van der Waals surface area contributed by atoms with Gasteiger partial charge < -0.3 is 5.32 Å². The molecule has 4 nitrogen and oxygen atoms in total. The molecule has 1 fully saturated rings. The second-order valence-corrected chi connectivity index (χ2v) is 4.33. The summed E-state index contributed by atoms with van der Waals surface area (Å²) in [5.41, 5.74) is 1.02. The van der Waals surface area contributed by atoms with Crippen molar-refractivity contribution in [1.82, 2.24) is 20.3 Å². The van der Waals surface area contributed by atoms with E-state index >= 15 is 0 Å². The topological polar surface area (TPSA) is 42.7 Å². The predicted octanol–water partition coefficient (Wildman–Crippen LogP) is 0.951. The SMILES string of the molecule is CC(CNCc1cn(C)nn1)C1CC1. The van der Waals surface area contributed by atoms with Crippen molar-refractivity contribution in [3.63, 3.8) is 0 Å². The summed E-state index contributed by atoms with van der Waals surface area (Å²) in [6, 6.07) is 0. The van der Waals surface area contributed by atoms with Gasteiger partial charge in [0.25, 0.3) is 0 Å². The Morgan fingerprint density at radius 3 is 3.00 bits per heavy atom. The molecule has 1 unspecified atom stereocenters. The predicted molar refractivity (Wildman–Crippen MR) is 54.6 cm³/mol. The Bertz CT molecular complexity index is 290. The molecule has 0 radical (unpaired) electrons. The van der Waals surface area contributed by atoms with Crippen LogP contribution in [-0.2, 0) is 13.6 Å². The molecular formula is C10H18N4. The number of nitrogens with zero attached hydrogens (tertiary/aromatic N) is 3. The number of hydrogen-bond donors (Lipinski definition) is 1. The quantitative estimate of drug-likeness (QED) is 0.759. The van der Waals surface area contributed by atoms with E-state index in [4.69, 9.17) is 0 Å². The minimum absolute atomic E-state index is 0.812. The lowest BCUT2D eigenvalue weighted by atomic mass is 10.1. The van der Waals surface area contributed by atoms with E-state index in [9.17, 15) is 0 Å². The van der Waals surface area contributed by atoms with E-state index in [-0.39, 0.29) is 0 Å². The molecule has 14 heavy (non-hydrogen) atoms. The zero-order chi connectivity index (χ0) is 9.97. The lowest BCUT2D eigenvalue weighted by Gasteiger charge is -2.09. The minimum Gasteiger partial charge on any atom is -0.311 e. The van der Waals surface area contributed by atoms with Crippen molar-refractivity contribution < 1.29 is 0 Å². The normalized spacial score (nSPS) is 18.4. The molecule has 1 aliphatic rings. The van der Waals surface area contributed by atoms with Gasteiger partial charge in [0, 0.05) is 19.8 Å². The summed E-state index contributed by atoms with van der Waals surface area (Å²) in [4.78, 5) is 0. The van der Waals surface area contributed by atoms with Gasteiger partial charge in [-0.1, -0.05) is 12.1 Å². The van der Waals surface area contributed by atoms with Crippen molar-refractivity contribution in [3.05, 3.63) is 11.9 Å². The summed E-state index contributed by atoms with van der Waals surface area (Å²) in [6.45, 7) is 4.26.